The van der Waals surface area contributed by atoms with Crippen molar-refractivity contribution in [2.75, 3.05) is 0 Å². The van der Waals surface area contributed by atoms with Crippen molar-refractivity contribution in [3.05, 3.63) is 51.1 Å². The van der Waals surface area contributed by atoms with E-state index in [9.17, 15) is 12.8 Å². The van der Waals surface area contributed by atoms with Crippen molar-refractivity contribution >= 4 is 37.3 Å². The minimum Gasteiger partial charge on any atom is -0.207 e. The molecule has 1 heterocycles. The van der Waals surface area contributed by atoms with Crippen LogP contribution in [-0.2, 0) is 16.6 Å². The summed E-state index contributed by atoms with van der Waals surface area (Å²) in [4.78, 5) is 0. The van der Waals surface area contributed by atoms with E-state index in [4.69, 9.17) is 0 Å². The highest BCUT2D eigenvalue weighted by Crippen LogP contribution is 2.30. The molecule has 19 heavy (non-hydrogen) atoms. The van der Waals surface area contributed by atoms with Gasteiger partial charge in [-0.15, -0.1) is 11.3 Å². The zero-order chi connectivity index (χ0) is 14.0. The molecule has 0 amide bonds. The first-order chi connectivity index (χ1) is 8.90. The second-order valence-electron chi connectivity index (χ2n) is 3.94. The quantitative estimate of drug-likeness (QED) is 0.904. The number of hydrogen-bond donors (Lipinski definition) is 1. The summed E-state index contributed by atoms with van der Waals surface area (Å²) in [6.45, 7) is 1.75. The molecule has 0 saturated carbocycles. The Hall–Kier alpha value is -0.760. The molecule has 0 spiro atoms. The van der Waals surface area contributed by atoms with Crippen LogP contribution in [0, 0.1) is 12.7 Å². The monoisotopic (exact) mass is 363 g/mol. The zero-order valence-corrected chi connectivity index (χ0v) is 13.2. The van der Waals surface area contributed by atoms with Crippen LogP contribution in [0.25, 0.3) is 0 Å². The average Bonchev–Trinajstić information content (AvgIpc) is 2.70. The fraction of sp³-hybridized carbons (Fsp3) is 0.167. The number of hydrogen-bond acceptors (Lipinski definition) is 3. The van der Waals surface area contributed by atoms with Crippen molar-refractivity contribution in [2.24, 2.45) is 0 Å². The summed E-state index contributed by atoms with van der Waals surface area (Å²) in [6, 6.07) is 7.66. The summed E-state index contributed by atoms with van der Waals surface area (Å²) in [5.41, 5.74) is 1.18. The van der Waals surface area contributed by atoms with Crippen LogP contribution in [0.1, 0.15) is 11.1 Å². The van der Waals surface area contributed by atoms with Crippen molar-refractivity contribution in [2.45, 2.75) is 17.7 Å². The predicted molar refractivity (Wildman–Crippen MR) is 77.2 cm³/mol. The van der Waals surface area contributed by atoms with Crippen LogP contribution in [0.2, 0.25) is 0 Å². The lowest BCUT2D eigenvalue weighted by Crippen LogP contribution is -2.22. The molecule has 0 saturated heterocycles. The second kappa shape index (κ2) is 5.70. The van der Waals surface area contributed by atoms with E-state index in [0.717, 1.165) is 20.7 Å². The number of nitrogens with one attached hydrogen (secondary N) is 1. The highest BCUT2D eigenvalue weighted by molar-refractivity contribution is 9.11. The molecule has 2 aromatic rings. The van der Waals surface area contributed by atoms with E-state index in [-0.39, 0.29) is 10.8 Å². The summed E-state index contributed by atoms with van der Waals surface area (Å²) >= 11 is 4.42. The molecule has 7 heteroatoms. The van der Waals surface area contributed by atoms with Crippen molar-refractivity contribution in [3.8, 4) is 0 Å². The molecule has 3 nitrogen and oxygen atoms in total. The van der Waals surface area contributed by atoms with Gasteiger partial charge in [-0.3, -0.25) is 0 Å². The minimum atomic E-state index is -3.61. The van der Waals surface area contributed by atoms with Gasteiger partial charge in [-0.25, -0.2) is 17.5 Å². The maximum Gasteiger partial charge on any atom is 0.250 e. The molecule has 0 fully saturated rings. The molecule has 0 aliphatic rings. The third-order valence-corrected chi connectivity index (χ3v) is 6.52. The maximum absolute atomic E-state index is 13.4. The van der Waals surface area contributed by atoms with Crippen LogP contribution in [0.5, 0.6) is 0 Å². The first-order valence-corrected chi connectivity index (χ1v) is 8.48. The van der Waals surface area contributed by atoms with Gasteiger partial charge in [-0.1, -0.05) is 18.2 Å². The normalized spacial score (nSPS) is 11.7. The largest absolute Gasteiger partial charge is 0.250 e. The number of thiophene rings is 1. The average molecular weight is 364 g/mol. The lowest BCUT2D eigenvalue weighted by molar-refractivity contribution is 0.576. The maximum atomic E-state index is 13.4. The van der Waals surface area contributed by atoms with Gasteiger partial charge in [-0.2, -0.15) is 0 Å². The Morgan fingerprint density at radius 1 is 1.37 bits per heavy atom. The molecule has 0 aliphatic carbocycles. The van der Waals surface area contributed by atoms with E-state index >= 15 is 0 Å². The van der Waals surface area contributed by atoms with Gasteiger partial charge in [0.25, 0.3) is 0 Å². The van der Waals surface area contributed by atoms with E-state index in [2.05, 4.69) is 20.7 Å². The first kappa shape index (κ1) is 14.6. The molecule has 0 radical (unpaired) electrons. The molecule has 1 aromatic carbocycles. The molecule has 1 aromatic heterocycles. The highest BCUT2D eigenvalue weighted by Gasteiger charge is 2.18. The molecule has 0 unspecified atom stereocenters. The highest BCUT2D eigenvalue weighted by atomic mass is 79.9. The Balaban J connectivity index is 2.17. The number of benzene rings is 1. The van der Waals surface area contributed by atoms with Gasteiger partial charge in [0.05, 0.1) is 3.79 Å². The summed E-state index contributed by atoms with van der Waals surface area (Å²) in [6.07, 6.45) is 0. The first-order valence-electron chi connectivity index (χ1n) is 5.39. The second-order valence-corrected chi connectivity index (χ2v) is 8.30. The Morgan fingerprint density at radius 3 is 2.63 bits per heavy atom. The van der Waals surface area contributed by atoms with Crippen LogP contribution in [-0.4, -0.2) is 8.42 Å². The third kappa shape index (κ3) is 3.42. The molecular weight excluding hydrogens is 353 g/mol. The van der Waals surface area contributed by atoms with Gasteiger partial charge in [0.15, 0.2) is 0 Å². The molecular formula is C12H11BrFNO2S2. The zero-order valence-electron chi connectivity index (χ0n) is 9.98. The summed E-state index contributed by atoms with van der Waals surface area (Å²) < 4.78 is 40.9. The van der Waals surface area contributed by atoms with E-state index < -0.39 is 15.8 Å². The van der Waals surface area contributed by atoms with Crippen molar-refractivity contribution in [1.82, 2.24) is 4.72 Å². The smallest absolute Gasteiger partial charge is 0.207 e. The number of halogens is 2. The van der Waals surface area contributed by atoms with Crippen molar-refractivity contribution in [3.63, 3.8) is 0 Å². The van der Waals surface area contributed by atoms with E-state index in [0.29, 0.717) is 5.56 Å². The van der Waals surface area contributed by atoms with Crippen LogP contribution >= 0.6 is 27.3 Å². The fourth-order valence-corrected chi connectivity index (χ4v) is 4.73. The van der Waals surface area contributed by atoms with Crippen molar-refractivity contribution in [1.29, 1.82) is 0 Å². The van der Waals surface area contributed by atoms with Gasteiger partial charge < -0.3 is 0 Å². The minimum absolute atomic E-state index is 0.0659. The van der Waals surface area contributed by atoms with Crippen LogP contribution < -0.4 is 4.72 Å². The number of rotatable bonds is 4. The third-order valence-electron chi connectivity index (χ3n) is 2.51. The molecule has 102 valence electrons. The summed E-state index contributed by atoms with van der Waals surface area (Å²) in [5, 5.41) is 0. The van der Waals surface area contributed by atoms with Gasteiger partial charge in [0, 0.05) is 12.1 Å². The van der Waals surface area contributed by atoms with Gasteiger partial charge in [0.1, 0.15) is 10.0 Å². The summed E-state index contributed by atoms with van der Waals surface area (Å²) in [5.74, 6) is -0.422. The topological polar surface area (TPSA) is 46.2 Å². The molecule has 0 bridgehead atoms. The number of sulfonamides is 1. The molecule has 1 N–H and O–H groups in total. The van der Waals surface area contributed by atoms with Crippen LogP contribution in [0.3, 0.4) is 0 Å². The fourth-order valence-electron chi connectivity index (χ4n) is 1.45. The van der Waals surface area contributed by atoms with E-state index in [1.54, 1.807) is 24.3 Å². The molecule has 2 rings (SSSR count). The van der Waals surface area contributed by atoms with Crippen LogP contribution in [0.4, 0.5) is 4.39 Å². The lowest BCUT2D eigenvalue weighted by atomic mass is 10.2. The van der Waals surface area contributed by atoms with Crippen molar-refractivity contribution < 1.29 is 12.8 Å². The van der Waals surface area contributed by atoms with E-state index in [1.807, 2.05) is 6.92 Å². The SMILES string of the molecule is Cc1cc(S(=O)(=O)NCc2ccccc2F)sc1Br. The van der Waals surface area contributed by atoms with Gasteiger partial charge in [0.2, 0.25) is 10.0 Å². The Labute approximate surface area is 123 Å². The Morgan fingerprint density at radius 2 is 2.05 bits per heavy atom. The molecule has 0 aliphatic heterocycles. The van der Waals surface area contributed by atoms with Crippen LogP contribution in [0.15, 0.2) is 38.3 Å². The van der Waals surface area contributed by atoms with Gasteiger partial charge in [-0.05, 0) is 40.5 Å². The standard InChI is InChI=1S/C12H11BrFNO2S2/c1-8-6-11(18-12(8)13)19(16,17)15-7-9-4-2-3-5-10(9)14/h2-6,15H,7H2,1H3. The number of aryl methyl sites for hydroxylation is 1. The Kier molecular flexibility index (Phi) is 4.39. The Bertz CT molecular complexity index is 678. The lowest BCUT2D eigenvalue weighted by Gasteiger charge is -2.05. The van der Waals surface area contributed by atoms with Gasteiger partial charge >= 0.3 is 0 Å². The predicted octanol–water partition coefficient (Wildman–Crippen LogP) is 3.44. The van der Waals surface area contributed by atoms with E-state index in [1.165, 1.54) is 6.07 Å². The molecule has 0 atom stereocenters. The summed E-state index contributed by atoms with van der Waals surface area (Å²) in [7, 11) is -3.61.